The van der Waals surface area contributed by atoms with Gasteiger partial charge in [0.05, 0.1) is 4.90 Å². The second-order valence-electron chi connectivity index (χ2n) is 6.90. The lowest BCUT2D eigenvalue weighted by atomic mass is 9.98. The lowest BCUT2D eigenvalue weighted by molar-refractivity contribution is 0.163. The van der Waals surface area contributed by atoms with E-state index in [9.17, 15) is 8.42 Å². The zero-order valence-corrected chi connectivity index (χ0v) is 16.0. The first-order valence-electron chi connectivity index (χ1n) is 9.07. The van der Waals surface area contributed by atoms with E-state index in [1.54, 1.807) is 24.4 Å². The van der Waals surface area contributed by atoms with Crippen LogP contribution in [0.5, 0.6) is 5.75 Å². The van der Waals surface area contributed by atoms with Crippen molar-refractivity contribution >= 4 is 20.6 Å². The first-order chi connectivity index (χ1) is 13.0. The molecule has 4 rings (SSSR count). The molecule has 0 spiro atoms. The van der Waals surface area contributed by atoms with Crippen LogP contribution in [0.25, 0.3) is 21.9 Å². The van der Waals surface area contributed by atoms with Crippen LogP contribution in [0.4, 0.5) is 0 Å². The van der Waals surface area contributed by atoms with E-state index >= 15 is 0 Å². The number of hydrogen-bond acceptors (Lipinski definition) is 5. The third kappa shape index (κ3) is 3.82. The van der Waals surface area contributed by atoms with Gasteiger partial charge in [-0.2, -0.15) is 0 Å². The number of ether oxygens (including phenoxy) is 1. The highest BCUT2D eigenvalue weighted by molar-refractivity contribution is 7.90. The monoisotopic (exact) mass is 382 g/mol. The average molecular weight is 382 g/mol. The molecular formula is C21H22N2O3S. The summed E-state index contributed by atoms with van der Waals surface area (Å²) in [7, 11) is -3.29. The summed E-state index contributed by atoms with van der Waals surface area (Å²) in [5.41, 5.74) is 1.75. The molecule has 1 aromatic heterocycles. The molecule has 0 unspecified atom stereocenters. The number of sulfone groups is 1. The molecule has 1 aliphatic heterocycles. The smallest absolute Gasteiger partial charge is 0.175 e. The molecule has 0 aliphatic carbocycles. The van der Waals surface area contributed by atoms with Gasteiger partial charge in [-0.3, -0.25) is 4.98 Å². The zero-order valence-electron chi connectivity index (χ0n) is 15.2. The summed E-state index contributed by atoms with van der Waals surface area (Å²) in [6.45, 7) is 1.89. The molecule has 2 aromatic carbocycles. The summed E-state index contributed by atoms with van der Waals surface area (Å²) >= 11 is 0. The predicted octanol–water partition coefficient (Wildman–Crippen LogP) is 3.44. The van der Waals surface area contributed by atoms with Gasteiger partial charge in [0.25, 0.3) is 0 Å². The number of piperidine rings is 1. The molecule has 0 amide bonds. The van der Waals surface area contributed by atoms with Crippen LogP contribution in [0.2, 0.25) is 0 Å². The van der Waals surface area contributed by atoms with Gasteiger partial charge in [-0.25, -0.2) is 8.42 Å². The van der Waals surface area contributed by atoms with Crippen molar-refractivity contribution < 1.29 is 13.2 Å². The molecule has 2 heterocycles. The van der Waals surface area contributed by atoms with Crippen molar-refractivity contribution in [3.05, 3.63) is 54.9 Å². The van der Waals surface area contributed by atoms with Crippen LogP contribution in [0.3, 0.4) is 0 Å². The van der Waals surface area contributed by atoms with Crippen molar-refractivity contribution in [2.45, 2.75) is 23.8 Å². The largest absolute Gasteiger partial charge is 0.490 e. The number of nitrogens with zero attached hydrogens (tertiary/aromatic N) is 1. The Balaban J connectivity index is 1.87. The lowest BCUT2D eigenvalue weighted by Crippen LogP contribution is -2.34. The lowest BCUT2D eigenvalue weighted by Gasteiger charge is -2.25. The van der Waals surface area contributed by atoms with Gasteiger partial charge < -0.3 is 10.1 Å². The number of aromatic nitrogens is 1. The van der Waals surface area contributed by atoms with Gasteiger partial charge >= 0.3 is 0 Å². The molecule has 27 heavy (non-hydrogen) atoms. The Labute approximate surface area is 159 Å². The van der Waals surface area contributed by atoms with E-state index in [0.717, 1.165) is 53.6 Å². The van der Waals surface area contributed by atoms with Crippen LogP contribution in [-0.2, 0) is 9.84 Å². The molecule has 1 saturated heterocycles. The van der Waals surface area contributed by atoms with Gasteiger partial charge in [0, 0.05) is 29.6 Å². The molecule has 6 heteroatoms. The van der Waals surface area contributed by atoms with Crippen molar-refractivity contribution in [1.29, 1.82) is 0 Å². The van der Waals surface area contributed by atoms with Crippen molar-refractivity contribution in [3.8, 4) is 16.9 Å². The van der Waals surface area contributed by atoms with Crippen molar-refractivity contribution in [2.75, 3.05) is 19.3 Å². The topological polar surface area (TPSA) is 68.3 Å². The van der Waals surface area contributed by atoms with E-state index < -0.39 is 9.84 Å². The van der Waals surface area contributed by atoms with Gasteiger partial charge in [0.15, 0.2) is 9.84 Å². The van der Waals surface area contributed by atoms with Crippen molar-refractivity contribution in [3.63, 3.8) is 0 Å². The van der Waals surface area contributed by atoms with E-state index in [1.807, 2.05) is 30.5 Å². The fourth-order valence-electron chi connectivity index (χ4n) is 3.52. The summed E-state index contributed by atoms with van der Waals surface area (Å²) in [5, 5.41) is 5.34. The fourth-order valence-corrected chi connectivity index (χ4v) is 4.19. The molecule has 1 N–H and O–H groups in total. The highest BCUT2D eigenvalue weighted by Crippen LogP contribution is 2.38. The molecule has 140 valence electrons. The summed E-state index contributed by atoms with van der Waals surface area (Å²) in [5.74, 6) is 0.784. The molecule has 5 nitrogen and oxygen atoms in total. The Morgan fingerprint density at radius 1 is 1.11 bits per heavy atom. The predicted molar refractivity (Wildman–Crippen MR) is 107 cm³/mol. The van der Waals surface area contributed by atoms with Crippen LogP contribution in [0.15, 0.2) is 59.8 Å². The Morgan fingerprint density at radius 3 is 2.70 bits per heavy atom. The minimum atomic E-state index is -3.29. The number of fused-ring (bicyclic) bond motifs is 1. The van der Waals surface area contributed by atoms with Gasteiger partial charge in [0.1, 0.15) is 11.9 Å². The number of pyridine rings is 1. The fraction of sp³-hybridized carbons (Fsp3) is 0.286. The van der Waals surface area contributed by atoms with Crippen LogP contribution >= 0.6 is 0 Å². The minimum Gasteiger partial charge on any atom is -0.490 e. The van der Waals surface area contributed by atoms with Gasteiger partial charge in [-0.15, -0.1) is 0 Å². The normalized spacial score (nSPS) is 15.7. The van der Waals surface area contributed by atoms with Crippen LogP contribution in [0.1, 0.15) is 12.8 Å². The highest BCUT2D eigenvalue weighted by Gasteiger charge is 2.19. The van der Waals surface area contributed by atoms with Crippen LogP contribution in [0, 0.1) is 0 Å². The second kappa shape index (κ2) is 7.29. The van der Waals surface area contributed by atoms with E-state index in [2.05, 4.69) is 10.3 Å². The number of nitrogens with one attached hydrogen (secondary N) is 1. The Kier molecular flexibility index (Phi) is 4.85. The highest BCUT2D eigenvalue weighted by atomic mass is 32.2. The number of benzene rings is 2. The van der Waals surface area contributed by atoms with Crippen molar-refractivity contribution in [2.24, 2.45) is 0 Å². The van der Waals surface area contributed by atoms with Gasteiger partial charge in [0.2, 0.25) is 0 Å². The minimum absolute atomic E-state index is 0.155. The SMILES string of the molecule is CS(=O)(=O)c1cccc(-c2c(OC3CCNCC3)ccc3cnccc23)c1. The molecule has 1 fully saturated rings. The van der Waals surface area contributed by atoms with E-state index in [4.69, 9.17) is 4.74 Å². The summed E-state index contributed by atoms with van der Waals surface area (Å²) in [4.78, 5) is 4.51. The molecule has 3 aromatic rings. The maximum Gasteiger partial charge on any atom is 0.175 e. The quantitative estimate of drug-likeness (QED) is 0.749. The molecular weight excluding hydrogens is 360 g/mol. The molecule has 1 aliphatic rings. The molecule has 0 saturated carbocycles. The van der Waals surface area contributed by atoms with E-state index in [0.29, 0.717) is 4.90 Å². The third-order valence-corrected chi connectivity index (χ3v) is 6.02. The van der Waals surface area contributed by atoms with Gasteiger partial charge in [-0.05, 0) is 67.2 Å². The van der Waals surface area contributed by atoms with E-state index in [1.165, 1.54) is 6.26 Å². The van der Waals surface area contributed by atoms with Gasteiger partial charge in [-0.1, -0.05) is 12.1 Å². The number of hydrogen-bond donors (Lipinski definition) is 1. The van der Waals surface area contributed by atoms with Crippen LogP contribution < -0.4 is 10.1 Å². The Hall–Kier alpha value is -2.44. The van der Waals surface area contributed by atoms with Crippen molar-refractivity contribution in [1.82, 2.24) is 10.3 Å². The maximum atomic E-state index is 12.0. The standard InChI is InChI=1S/C21H22N2O3S/c1-27(24,25)18-4-2-3-15(13-18)21-19-9-12-23-14-16(19)5-6-20(21)26-17-7-10-22-11-8-17/h2-6,9,12-14,17,22H,7-8,10-11H2,1H3. The first kappa shape index (κ1) is 17.9. The van der Waals surface area contributed by atoms with E-state index in [-0.39, 0.29) is 6.10 Å². The first-order valence-corrected chi connectivity index (χ1v) is 11.0. The third-order valence-electron chi connectivity index (χ3n) is 4.91. The Bertz CT molecular complexity index is 1070. The van der Waals surface area contributed by atoms with Crippen LogP contribution in [-0.4, -0.2) is 38.9 Å². The summed E-state index contributed by atoms with van der Waals surface area (Å²) < 4.78 is 30.4. The maximum absolute atomic E-state index is 12.0. The molecule has 0 bridgehead atoms. The average Bonchev–Trinajstić information content (AvgIpc) is 2.68. The second-order valence-corrected chi connectivity index (χ2v) is 8.92. The molecule has 0 radical (unpaired) electrons. The zero-order chi connectivity index (χ0) is 18.9. The molecule has 0 atom stereocenters. The summed E-state index contributed by atoms with van der Waals surface area (Å²) in [6, 6.07) is 13.0. The summed E-state index contributed by atoms with van der Waals surface area (Å²) in [6.07, 6.45) is 6.86. The Morgan fingerprint density at radius 2 is 1.93 bits per heavy atom. The number of rotatable bonds is 4.